The van der Waals surface area contributed by atoms with Gasteiger partial charge in [-0.15, -0.1) is 10.2 Å². The molecule has 0 amide bonds. The Kier molecular flexibility index (Phi) is 6.35. The molecule has 3 aromatic rings. The Labute approximate surface area is 168 Å². The number of pyridine rings is 1. The van der Waals surface area contributed by atoms with E-state index < -0.39 is 15.8 Å². The van der Waals surface area contributed by atoms with Crippen molar-refractivity contribution in [3.63, 3.8) is 0 Å². The lowest BCUT2D eigenvalue weighted by Gasteiger charge is -2.10. The number of sulfonamides is 1. The van der Waals surface area contributed by atoms with Crippen molar-refractivity contribution in [1.29, 1.82) is 0 Å². The zero-order chi connectivity index (χ0) is 20.9. The third-order valence-electron chi connectivity index (χ3n) is 3.99. The summed E-state index contributed by atoms with van der Waals surface area (Å²) in [5.41, 5.74) is 1.43. The lowest BCUT2D eigenvalue weighted by atomic mass is 10.2. The average Bonchev–Trinajstić information content (AvgIpc) is 2.66. The summed E-state index contributed by atoms with van der Waals surface area (Å²) >= 11 is 0. The Morgan fingerprint density at radius 2 is 1.69 bits per heavy atom. The molecule has 0 aliphatic rings. The Morgan fingerprint density at radius 1 is 0.931 bits per heavy atom. The minimum Gasteiger partial charge on any atom is -0.367 e. The van der Waals surface area contributed by atoms with Gasteiger partial charge in [0.15, 0.2) is 5.82 Å². The summed E-state index contributed by atoms with van der Waals surface area (Å²) in [6, 6.07) is 10.8. The monoisotopic (exact) mass is 416 g/mol. The van der Waals surface area contributed by atoms with Crippen LogP contribution in [0.4, 0.5) is 21.8 Å². The minimum atomic E-state index is -3.72. The predicted octanol–water partition coefficient (Wildman–Crippen LogP) is 2.76. The molecule has 2 aromatic heterocycles. The summed E-state index contributed by atoms with van der Waals surface area (Å²) in [5, 5.41) is 14.1. The highest BCUT2D eigenvalue weighted by Crippen LogP contribution is 2.16. The van der Waals surface area contributed by atoms with Gasteiger partial charge in [-0.2, -0.15) is 0 Å². The van der Waals surface area contributed by atoms with Crippen LogP contribution < -0.4 is 15.4 Å². The second-order valence-corrected chi connectivity index (χ2v) is 8.12. The van der Waals surface area contributed by atoms with Crippen LogP contribution in [0.15, 0.2) is 53.6 Å². The van der Waals surface area contributed by atoms with Gasteiger partial charge in [0.2, 0.25) is 10.0 Å². The van der Waals surface area contributed by atoms with Gasteiger partial charge in [0.05, 0.1) is 4.90 Å². The molecule has 2 heterocycles. The van der Waals surface area contributed by atoms with Gasteiger partial charge in [0.1, 0.15) is 17.5 Å². The summed E-state index contributed by atoms with van der Waals surface area (Å²) in [6.45, 7) is 3.96. The molecule has 3 rings (SSSR count). The largest absolute Gasteiger partial charge is 0.367 e. The summed E-state index contributed by atoms with van der Waals surface area (Å²) in [5.74, 6) is 1.24. The minimum absolute atomic E-state index is 0.0545. The number of hydrogen-bond donors (Lipinski definition) is 3. The summed E-state index contributed by atoms with van der Waals surface area (Å²) in [4.78, 5) is 4.25. The van der Waals surface area contributed by atoms with Gasteiger partial charge >= 0.3 is 0 Å². The molecule has 0 atom stereocenters. The number of hydrogen-bond acceptors (Lipinski definition) is 7. The molecule has 0 spiro atoms. The van der Waals surface area contributed by atoms with Crippen LogP contribution in [-0.4, -0.2) is 36.7 Å². The van der Waals surface area contributed by atoms with E-state index in [9.17, 15) is 12.8 Å². The van der Waals surface area contributed by atoms with Crippen molar-refractivity contribution in [2.24, 2.45) is 0 Å². The van der Waals surface area contributed by atoms with Crippen molar-refractivity contribution in [2.75, 3.05) is 23.7 Å². The van der Waals surface area contributed by atoms with E-state index in [1.807, 2.05) is 19.1 Å². The van der Waals surface area contributed by atoms with E-state index in [1.54, 1.807) is 25.3 Å². The van der Waals surface area contributed by atoms with Gasteiger partial charge in [0.25, 0.3) is 0 Å². The Bertz CT molecular complexity index is 1090. The van der Waals surface area contributed by atoms with E-state index in [0.717, 1.165) is 11.6 Å². The maximum Gasteiger partial charge on any atom is 0.240 e. The van der Waals surface area contributed by atoms with Crippen LogP contribution in [0, 0.1) is 19.7 Å². The number of nitrogens with one attached hydrogen (secondary N) is 3. The van der Waals surface area contributed by atoms with Crippen LogP contribution in [-0.2, 0) is 10.0 Å². The highest BCUT2D eigenvalue weighted by molar-refractivity contribution is 7.89. The predicted molar refractivity (Wildman–Crippen MR) is 109 cm³/mol. The summed E-state index contributed by atoms with van der Waals surface area (Å²) < 4.78 is 40.3. The molecule has 0 bridgehead atoms. The molecule has 10 heteroatoms. The van der Waals surface area contributed by atoms with E-state index in [1.165, 1.54) is 12.1 Å². The Morgan fingerprint density at radius 3 is 2.38 bits per heavy atom. The first-order valence-electron chi connectivity index (χ1n) is 8.86. The van der Waals surface area contributed by atoms with Crippen LogP contribution >= 0.6 is 0 Å². The van der Waals surface area contributed by atoms with E-state index in [0.29, 0.717) is 29.6 Å². The van der Waals surface area contributed by atoms with Gasteiger partial charge in [-0.1, -0.05) is 0 Å². The quantitative estimate of drug-likeness (QED) is 0.485. The molecule has 0 aliphatic carbocycles. The van der Waals surface area contributed by atoms with Gasteiger partial charge < -0.3 is 10.6 Å². The second kappa shape index (κ2) is 8.93. The molecule has 3 N–H and O–H groups in total. The molecule has 0 fully saturated rings. The number of aromatic nitrogens is 3. The fourth-order valence-electron chi connectivity index (χ4n) is 2.60. The topological polar surface area (TPSA) is 109 Å². The van der Waals surface area contributed by atoms with Gasteiger partial charge in [0, 0.05) is 19.3 Å². The number of aryl methyl sites for hydroxylation is 2. The SMILES string of the molecule is Cc1ccnc(Nc2ccc(NCCNS(=O)(=O)c3ccc(F)cc3C)nn2)c1. The maximum absolute atomic E-state index is 13.2. The number of nitrogens with zero attached hydrogens (tertiary/aromatic N) is 3. The van der Waals surface area contributed by atoms with E-state index in [2.05, 4.69) is 30.5 Å². The molecule has 1 aromatic carbocycles. The van der Waals surface area contributed by atoms with Gasteiger partial charge in [-0.25, -0.2) is 22.5 Å². The second-order valence-electron chi connectivity index (χ2n) is 6.38. The zero-order valence-corrected chi connectivity index (χ0v) is 16.8. The van der Waals surface area contributed by atoms with Crippen molar-refractivity contribution < 1.29 is 12.8 Å². The molecule has 0 radical (unpaired) electrons. The van der Waals surface area contributed by atoms with Gasteiger partial charge in [-0.05, 0) is 67.4 Å². The fraction of sp³-hybridized carbons (Fsp3) is 0.211. The average molecular weight is 416 g/mol. The zero-order valence-electron chi connectivity index (χ0n) is 16.0. The van der Waals surface area contributed by atoms with Crippen molar-refractivity contribution in [2.45, 2.75) is 18.7 Å². The van der Waals surface area contributed by atoms with E-state index >= 15 is 0 Å². The highest BCUT2D eigenvalue weighted by atomic mass is 32.2. The molecule has 0 saturated carbocycles. The molecular formula is C19H21FN6O2S. The van der Waals surface area contributed by atoms with E-state index in [4.69, 9.17) is 0 Å². The van der Waals surface area contributed by atoms with Crippen molar-refractivity contribution >= 4 is 27.5 Å². The number of benzene rings is 1. The lowest BCUT2D eigenvalue weighted by Crippen LogP contribution is -2.29. The molecule has 0 aliphatic heterocycles. The highest BCUT2D eigenvalue weighted by Gasteiger charge is 2.16. The van der Waals surface area contributed by atoms with Crippen molar-refractivity contribution in [1.82, 2.24) is 19.9 Å². The molecule has 0 saturated heterocycles. The maximum atomic E-state index is 13.2. The molecule has 0 unspecified atom stereocenters. The van der Waals surface area contributed by atoms with E-state index in [-0.39, 0.29) is 11.4 Å². The third-order valence-corrected chi connectivity index (χ3v) is 5.61. The standard InChI is InChI=1S/C19H21FN6O2S/c1-13-7-8-21-19(11-13)24-18-6-5-17(25-26-18)22-9-10-23-29(27,28)16-4-3-15(20)12-14(16)2/h3-8,11-12,23H,9-10H2,1-2H3,(H,22,25)(H,21,24,26). The first kappa shape index (κ1) is 20.6. The van der Waals surface area contributed by atoms with Crippen LogP contribution in [0.2, 0.25) is 0 Å². The number of rotatable bonds is 8. The summed E-state index contributed by atoms with van der Waals surface area (Å²) in [7, 11) is -3.72. The Balaban J connectivity index is 1.50. The first-order valence-corrected chi connectivity index (χ1v) is 10.3. The smallest absolute Gasteiger partial charge is 0.240 e. The van der Waals surface area contributed by atoms with Crippen molar-refractivity contribution in [3.05, 3.63) is 65.6 Å². The number of halogens is 1. The molecule has 8 nitrogen and oxygen atoms in total. The molecule has 29 heavy (non-hydrogen) atoms. The normalized spacial score (nSPS) is 11.3. The van der Waals surface area contributed by atoms with Gasteiger partial charge in [-0.3, -0.25) is 0 Å². The third kappa shape index (κ3) is 5.69. The molecule has 152 valence electrons. The number of anilines is 3. The lowest BCUT2D eigenvalue weighted by molar-refractivity contribution is 0.581. The van der Waals surface area contributed by atoms with Crippen LogP contribution in [0.5, 0.6) is 0 Å². The fourth-order valence-corrected chi connectivity index (χ4v) is 3.85. The van der Waals surface area contributed by atoms with Crippen LogP contribution in [0.25, 0.3) is 0 Å². The van der Waals surface area contributed by atoms with Crippen LogP contribution in [0.3, 0.4) is 0 Å². The Hall–Kier alpha value is -3.11. The van der Waals surface area contributed by atoms with Crippen LogP contribution in [0.1, 0.15) is 11.1 Å². The molecular weight excluding hydrogens is 395 g/mol. The van der Waals surface area contributed by atoms with Crippen molar-refractivity contribution in [3.8, 4) is 0 Å². The summed E-state index contributed by atoms with van der Waals surface area (Å²) in [6.07, 6.45) is 1.70. The first-order chi connectivity index (χ1) is 13.8.